The Morgan fingerprint density at radius 3 is 2.41 bits per heavy atom. The van der Waals surface area contributed by atoms with Crippen LogP contribution < -0.4 is 10.6 Å². The number of hydrogen-bond donors (Lipinski definition) is 5. The Labute approximate surface area is 155 Å². The molecule has 27 heavy (non-hydrogen) atoms. The number of carbonyl (C=O) groups excluding carboxylic acids is 1. The highest BCUT2D eigenvalue weighted by Crippen LogP contribution is 2.47. The third kappa shape index (κ3) is 2.81. The molecule has 0 bridgehead atoms. The lowest BCUT2D eigenvalue weighted by atomic mass is 9.94. The van der Waals surface area contributed by atoms with Gasteiger partial charge in [-0.05, 0) is 24.3 Å². The summed E-state index contributed by atoms with van der Waals surface area (Å²) in [5.74, 6) is -0.660. The van der Waals surface area contributed by atoms with Gasteiger partial charge in [0, 0.05) is 22.5 Å². The lowest BCUT2D eigenvalue weighted by molar-refractivity contribution is -0.0512. The zero-order valence-electron chi connectivity index (χ0n) is 14.3. The molecule has 2 unspecified atom stereocenters. The van der Waals surface area contributed by atoms with Gasteiger partial charge >= 0.3 is 0 Å². The van der Waals surface area contributed by atoms with Crippen LogP contribution in [-0.4, -0.2) is 21.2 Å². The quantitative estimate of drug-likeness (QED) is 0.493. The molecule has 1 aliphatic rings. The topological polar surface area (TPSA) is 102 Å². The highest BCUT2D eigenvalue weighted by Gasteiger charge is 2.46. The Morgan fingerprint density at radius 1 is 0.963 bits per heavy atom. The number of anilines is 2. The molecule has 6 heteroatoms. The average Bonchev–Trinajstić information content (AvgIpc) is 2.94. The SMILES string of the molecule is O=C(Nc1ccccc1C1(O)Nc2ccccc2C1O)c1ccccc1O. The summed E-state index contributed by atoms with van der Waals surface area (Å²) in [6.07, 6.45) is -1.21. The number of phenols is 1. The van der Waals surface area contributed by atoms with Crippen LogP contribution in [-0.2, 0) is 5.72 Å². The summed E-state index contributed by atoms with van der Waals surface area (Å²) >= 11 is 0. The second-order valence-electron chi connectivity index (χ2n) is 6.40. The normalized spacial score (nSPS) is 20.6. The standard InChI is InChI=1S/C21H18N2O4/c24-18-12-6-2-8-14(18)20(26)22-17-11-5-3-9-15(17)21(27)19(25)13-7-1-4-10-16(13)23-21/h1-12,19,23-25,27H,(H,22,26). The van der Waals surface area contributed by atoms with E-state index < -0.39 is 17.7 Å². The number of nitrogens with one attached hydrogen (secondary N) is 2. The van der Waals surface area contributed by atoms with E-state index in [1.165, 1.54) is 12.1 Å². The summed E-state index contributed by atoms with van der Waals surface area (Å²) in [5, 5.41) is 37.5. The second-order valence-corrected chi connectivity index (χ2v) is 6.40. The van der Waals surface area contributed by atoms with Crippen LogP contribution in [0.4, 0.5) is 11.4 Å². The third-order valence-corrected chi connectivity index (χ3v) is 4.71. The molecule has 6 nitrogen and oxygen atoms in total. The van der Waals surface area contributed by atoms with Crippen LogP contribution in [0.1, 0.15) is 27.6 Å². The molecule has 1 amide bonds. The molecule has 0 fully saturated rings. The van der Waals surface area contributed by atoms with E-state index in [0.717, 1.165) is 0 Å². The highest BCUT2D eigenvalue weighted by molar-refractivity contribution is 6.06. The number of phenolic OH excluding ortho intramolecular Hbond substituents is 1. The van der Waals surface area contributed by atoms with Crippen molar-refractivity contribution < 1.29 is 20.1 Å². The second kappa shape index (κ2) is 6.42. The molecule has 3 aromatic rings. The number of fused-ring (bicyclic) bond motifs is 1. The largest absolute Gasteiger partial charge is 0.507 e. The summed E-state index contributed by atoms with van der Waals surface area (Å²) in [6.45, 7) is 0. The molecule has 0 saturated heterocycles. The van der Waals surface area contributed by atoms with Gasteiger partial charge in [0.2, 0.25) is 0 Å². The maximum Gasteiger partial charge on any atom is 0.259 e. The van der Waals surface area contributed by atoms with Crippen LogP contribution in [0, 0.1) is 0 Å². The van der Waals surface area contributed by atoms with E-state index in [0.29, 0.717) is 22.5 Å². The lowest BCUT2D eigenvalue weighted by Crippen LogP contribution is -2.37. The minimum Gasteiger partial charge on any atom is -0.507 e. The Hall–Kier alpha value is -3.35. The molecule has 3 aromatic carbocycles. The number of para-hydroxylation sites is 3. The first kappa shape index (κ1) is 17.1. The fourth-order valence-electron chi connectivity index (χ4n) is 3.34. The Balaban J connectivity index is 1.71. The lowest BCUT2D eigenvalue weighted by Gasteiger charge is -2.30. The van der Waals surface area contributed by atoms with Crippen LogP contribution in [0.5, 0.6) is 5.75 Å². The van der Waals surface area contributed by atoms with Crippen LogP contribution in [0.2, 0.25) is 0 Å². The van der Waals surface area contributed by atoms with Crippen molar-refractivity contribution in [2.45, 2.75) is 11.8 Å². The van der Waals surface area contributed by atoms with Gasteiger partial charge in [0.15, 0.2) is 5.72 Å². The number of hydrogen-bond acceptors (Lipinski definition) is 5. The number of amides is 1. The molecule has 5 N–H and O–H groups in total. The zero-order valence-corrected chi connectivity index (χ0v) is 14.3. The predicted molar refractivity (Wildman–Crippen MR) is 101 cm³/mol. The van der Waals surface area contributed by atoms with E-state index >= 15 is 0 Å². The van der Waals surface area contributed by atoms with Crippen molar-refractivity contribution in [3.63, 3.8) is 0 Å². The summed E-state index contributed by atoms with van der Waals surface area (Å²) in [5.41, 5.74) is 0.149. The maximum atomic E-state index is 12.6. The first-order chi connectivity index (χ1) is 13.0. The third-order valence-electron chi connectivity index (χ3n) is 4.71. The fourth-order valence-corrected chi connectivity index (χ4v) is 3.34. The summed E-state index contributed by atoms with van der Waals surface area (Å²) in [4.78, 5) is 12.6. The highest BCUT2D eigenvalue weighted by atomic mass is 16.4. The first-order valence-electron chi connectivity index (χ1n) is 8.47. The molecule has 1 aliphatic heterocycles. The molecule has 2 atom stereocenters. The molecule has 136 valence electrons. The van der Waals surface area contributed by atoms with Gasteiger partial charge < -0.3 is 26.0 Å². The van der Waals surface area contributed by atoms with E-state index in [9.17, 15) is 20.1 Å². The first-order valence-corrected chi connectivity index (χ1v) is 8.47. The minimum absolute atomic E-state index is 0.113. The Kier molecular flexibility index (Phi) is 4.07. The number of benzene rings is 3. The number of carbonyl (C=O) groups is 1. The Morgan fingerprint density at radius 2 is 1.63 bits per heavy atom. The van der Waals surface area contributed by atoms with Crippen molar-refractivity contribution in [3.8, 4) is 5.75 Å². The number of aliphatic hydroxyl groups is 2. The molecule has 4 rings (SSSR count). The van der Waals surface area contributed by atoms with Gasteiger partial charge in [0.05, 0.1) is 5.56 Å². The summed E-state index contributed by atoms with van der Waals surface area (Å²) in [6, 6.07) is 19.9. The van der Waals surface area contributed by atoms with Gasteiger partial charge in [-0.1, -0.05) is 48.5 Å². The molecular formula is C21H18N2O4. The van der Waals surface area contributed by atoms with E-state index in [-0.39, 0.29) is 11.3 Å². The van der Waals surface area contributed by atoms with Gasteiger partial charge in [-0.2, -0.15) is 0 Å². The summed E-state index contributed by atoms with van der Waals surface area (Å²) in [7, 11) is 0. The van der Waals surface area contributed by atoms with Crippen LogP contribution in [0.25, 0.3) is 0 Å². The van der Waals surface area contributed by atoms with E-state index in [1.54, 1.807) is 60.7 Å². The van der Waals surface area contributed by atoms with Crippen molar-refractivity contribution in [3.05, 3.63) is 89.5 Å². The maximum absolute atomic E-state index is 12.6. The van der Waals surface area contributed by atoms with Crippen molar-refractivity contribution in [2.75, 3.05) is 10.6 Å². The molecule has 0 aromatic heterocycles. The molecule has 0 saturated carbocycles. The van der Waals surface area contributed by atoms with Crippen molar-refractivity contribution in [2.24, 2.45) is 0 Å². The van der Waals surface area contributed by atoms with Gasteiger partial charge in [-0.25, -0.2) is 0 Å². The molecule has 0 spiro atoms. The number of aliphatic hydroxyl groups excluding tert-OH is 1. The van der Waals surface area contributed by atoms with E-state index in [2.05, 4.69) is 10.6 Å². The Bertz CT molecular complexity index is 1020. The molecule has 1 heterocycles. The number of aromatic hydroxyl groups is 1. The van der Waals surface area contributed by atoms with Gasteiger partial charge in [-0.15, -0.1) is 0 Å². The van der Waals surface area contributed by atoms with Crippen LogP contribution in [0.15, 0.2) is 72.8 Å². The van der Waals surface area contributed by atoms with Crippen LogP contribution in [0.3, 0.4) is 0 Å². The van der Waals surface area contributed by atoms with Gasteiger partial charge in [-0.3, -0.25) is 4.79 Å². The predicted octanol–water partition coefficient (Wildman–Crippen LogP) is 2.95. The van der Waals surface area contributed by atoms with Gasteiger partial charge in [0.25, 0.3) is 5.91 Å². The fraction of sp³-hybridized carbons (Fsp3) is 0.0952. The molecule has 0 aliphatic carbocycles. The number of rotatable bonds is 3. The van der Waals surface area contributed by atoms with Crippen molar-refractivity contribution >= 4 is 17.3 Å². The van der Waals surface area contributed by atoms with E-state index in [4.69, 9.17) is 0 Å². The molecule has 0 radical (unpaired) electrons. The molecular weight excluding hydrogens is 344 g/mol. The van der Waals surface area contributed by atoms with Gasteiger partial charge in [0.1, 0.15) is 11.9 Å². The summed E-state index contributed by atoms with van der Waals surface area (Å²) < 4.78 is 0. The van der Waals surface area contributed by atoms with E-state index in [1.807, 2.05) is 0 Å². The average molecular weight is 362 g/mol. The monoisotopic (exact) mass is 362 g/mol. The van der Waals surface area contributed by atoms with Crippen molar-refractivity contribution in [1.29, 1.82) is 0 Å². The smallest absolute Gasteiger partial charge is 0.259 e. The van der Waals surface area contributed by atoms with Crippen molar-refractivity contribution in [1.82, 2.24) is 0 Å². The zero-order chi connectivity index (χ0) is 19.0. The minimum atomic E-state index is -1.80. The van der Waals surface area contributed by atoms with Crippen LogP contribution >= 0.6 is 0 Å².